The minimum absolute atomic E-state index is 0.0699. The Balaban J connectivity index is 2.47. The fourth-order valence-electron chi connectivity index (χ4n) is 1.21. The van der Waals surface area contributed by atoms with Crippen LogP contribution in [0.2, 0.25) is 0 Å². The molecule has 1 aromatic carbocycles. The van der Waals surface area contributed by atoms with Crippen molar-refractivity contribution in [3.8, 4) is 5.75 Å². The summed E-state index contributed by atoms with van der Waals surface area (Å²) >= 11 is 0. The summed E-state index contributed by atoms with van der Waals surface area (Å²) in [4.78, 5) is 21.9. The van der Waals surface area contributed by atoms with Crippen LogP contribution in [-0.4, -0.2) is 29.6 Å². The summed E-state index contributed by atoms with van der Waals surface area (Å²) in [7, 11) is 0. The zero-order chi connectivity index (χ0) is 12.8. The quantitative estimate of drug-likeness (QED) is 0.809. The van der Waals surface area contributed by atoms with Gasteiger partial charge in [0.05, 0.1) is 5.56 Å². The lowest BCUT2D eigenvalue weighted by atomic mass is 10.2. The molecule has 2 N–H and O–H groups in total. The number of benzene rings is 1. The lowest BCUT2D eigenvalue weighted by Gasteiger charge is -2.09. The first-order valence-corrected chi connectivity index (χ1v) is 5.24. The third-order valence-corrected chi connectivity index (χ3v) is 1.92. The second-order valence-corrected chi connectivity index (χ2v) is 3.84. The van der Waals surface area contributed by atoms with Crippen molar-refractivity contribution in [3.63, 3.8) is 0 Å². The number of carboxylic acids is 1. The highest BCUT2D eigenvalue weighted by Crippen LogP contribution is 2.11. The Morgan fingerprint density at radius 2 is 1.88 bits per heavy atom. The van der Waals surface area contributed by atoms with Crippen LogP contribution < -0.4 is 10.1 Å². The lowest BCUT2D eigenvalue weighted by Crippen LogP contribution is -2.34. The van der Waals surface area contributed by atoms with Gasteiger partial charge in [0.15, 0.2) is 6.61 Å². The van der Waals surface area contributed by atoms with Crippen molar-refractivity contribution in [2.75, 3.05) is 6.61 Å². The molecule has 5 heteroatoms. The van der Waals surface area contributed by atoms with E-state index in [9.17, 15) is 9.59 Å². The summed E-state index contributed by atoms with van der Waals surface area (Å²) < 4.78 is 5.20. The van der Waals surface area contributed by atoms with Crippen molar-refractivity contribution in [1.29, 1.82) is 0 Å². The highest BCUT2D eigenvalue weighted by Gasteiger charge is 2.05. The van der Waals surface area contributed by atoms with Gasteiger partial charge in [-0.2, -0.15) is 0 Å². The normalized spacial score (nSPS) is 10.1. The Morgan fingerprint density at radius 3 is 2.35 bits per heavy atom. The number of aromatic carboxylic acids is 1. The number of carbonyl (C=O) groups is 2. The summed E-state index contributed by atoms with van der Waals surface area (Å²) in [5.74, 6) is -0.731. The molecule has 17 heavy (non-hydrogen) atoms. The molecule has 0 saturated carbocycles. The van der Waals surface area contributed by atoms with Gasteiger partial charge in [-0.05, 0) is 38.1 Å². The third-order valence-electron chi connectivity index (χ3n) is 1.92. The Labute approximate surface area is 99.4 Å². The van der Waals surface area contributed by atoms with Crippen LogP contribution in [-0.2, 0) is 4.79 Å². The van der Waals surface area contributed by atoms with Crippen molar-refractivity contribution >= 4 is 11.9 Å². The van der Waals surface area contributed by atoms with Gasteiger partial charge in [0.2, 0.25) is 0 Å². The van der Waals surface area contributed by atoms with Gasteiger partial charge in [-0.25, -0.2) is 4.79 Å². The number of ether oxygens (including phenoxy) is 1. The summed E-state index contributed by atoms with van der Waals surface area (Å²) in [5, 5.41) is 11.4. The number of amides is 1. The van der Waals surface area contributed by atoms with Crippen LogP contribution in [0.3, 0.4) is 0 Å². The molecule has 0 aromatic heterocycles. The molecule has 0 heterocycles. The van der Waals surface area contributed by atoms with Crippen LogP contribution in [0.4, 0.5) is 0 Å². The standard InChI is InChI=1S/C12H15NO4/c1-8(2)13-11(14)7-17-10-5-3-9(4-6-10)12(15)16/h3-6,8H,7H2,1-2H3,(H,13,14)(H,15,16). The van der Waals surface area contributed by atoms with E-state index < -0.39 is 5.97 Å². The van der Waals surface area contributed by atoms with E-state index in [2.05, 4.69) is 5.32 Å². The number of rotatable bonds is 5. The predicted molar refractivity (Wildman–Crippen MR) is 62.2 cm³/mol. The Hall–Kier alpha value is -2.04. The molecule has 92 valence electrons. The van der Waals surface area contributed by atoms with Crippen molar-refractivity contribution < 1.29 is 19.4 Å². The zero-order valence-electron chi connectivity index (χ0n) is 9.77. The van der Waals surface area contributed by atoms with Gasteiger partial charge in [-0.3, -0.25) is 4.79 Å². The van der Waals surface area contributed by atoms with E-state index in [-0.39, 0.29) is 24.1 Å². The average Bonchev–Trinajstić information content (AvgIpc) is 2.26. The van der Waals surface area contributed by atoms with Gasteiger partial charge in [0.25, 0.3) is 5.91 Å². The molecule has 0 unspecified atom stereocenters. The van der Waals surface area contributed by atoms with Gasteiger partial charge in [0, 0.05) is 6.04 Å². The molecule has 0 radical (unpaired) electrons. The van der Waals surface area contributed by atoms with E-state index in [1.807, 2.05) is 13.8 Å². The van der Waals surface area contributed by atoms with Crippen LogP contribution in [0.5, 0.6) is 5.75 Å². The van der Waals surface area contributed by atoms with Crippen LogP contribution >= 0.6 is 0 Å². The van der Waals surface area contributed by atoms with E-state index in [1.165, 1.54) is 24.3 Å². The van der Waals surface area contributed by atoms with E-state index in [4.69, 9.17) is 9.84 Å². The van der Waals surface area contributed by atoms with Crippen molar-refractivity contribution in [2.24, 2.45) is 0 Å². The Kier molecular flexibility index (Phi) is 4.51. The van der Waals surface area contributed by atoms with E-state index in [0.29, 0.717) is 5.75 Å². The van der Waals surface area contributed by atoms with Crippen LogP contribution in [0.1, 0.15) is 24.2 Å². The van der Waals surface area contributed by atoms with E-state index in [1.54, 1.807) is 0 Å². The molecule has 0 aliphatic carbocycles. The van der Waals surface area contributed by atoms with Gasteiger partial charge in [-0.1, -0.05) is 0 Å². The van der Waals surface area contributed by atoms with Gasteiger partial charge in [-0.15, -0.1) is 0 Å². The van der Waals surface area contributed by atoms with E-state index >= 15 is 0 Å². The van der Waals surface area contributed by atoms with Gasteiger partial charge in [0.1, 0.15) is 5.75 Å². The molecule has 1 amide bonds. The van der Waals surface area contributed by atoms with Crippen LogP contribution in [0.15, 0.2) is 24.3 Å². The number of nitrogens with one attached hydrogen (secondary N) is 1. The fraction of sp³-hybridized carbons (Fsp3) is 0.333. The number of hydrogen-bond donors (Lipinski definition) is 2. The molecule has 0 bridgehead atoms. The van der Waals surface area contributed by atoms with Crippen molar-refractivity contribution in [2.45, 2.75) is 19.9 Å². The minimum atomic E-state index is -0.992. The molecule has 0 spiro atoms. The second kappa shape index (κ2) is 5.89. The first-order valence-electron chi connectivity index (χ1n) is 5.24. The number of carbonyl (C=O) groups excluding carboxylic acids is 1. The maximum Gasteiger partial charge on any atom is 0.335 e. The Morgan fingerprint density at radius 1 is 1.29 bits per heavy atom. The molecular weight excluding hydrogens is 222 g/mol. The topological polar surface area (TPSA) is 75.6 Å². The summed E-state index contributed by atoms with van der Waals surface area (Å²) in [5.41, 5.74) is 0.184. The van der Waals surface area contributed by atoms with Crippen molar-refractivity contribution in [1.82, 2.24) is 5.32 Å². The highest BCUT2D eigenvalue weighted by molar-refractivity contribution is 5.87. The first kappa shape index (κ1) is 13.0. The molecule has 0 saturated heterocycles. The Bertz CT molecular complexity index is 397. The summed E-state index contributed by atoms with van der Waals surface area (Å²) in [6.45, 7) is 3.64. The largest absolute Gasteiger partial charge is 0.484 e. The molecule has 0 aliphatic rings. The molecule has 0 atom stereocenters. The molecular formula is C12H15NO4. The smallest absolute Gasteiger partial charge is 0.335 e. The number of hydrogen-bond acceptors (Lipinski definition) is 3. The average molecular weight is 237 g/mol. The van der Waals surface area contributed by atoms with Gasteiger partial charge >= 0.3 is 5.97 Å². The molecule has 0 aliphatic heterocycles. The maximum absolute atomic E-state index is 11.3. The molecule has 1 rings (SSSR count). The zero-order valence-corrected chi connectivity index (χ0v) is 9.77. The summed E-state index contributed by atoms with van der Waals surface area (Å²) in [6, 6.07) is 5.97. The fourth-order valence-corrected chi connectivity index (χ4v) is 1.21. The molecule has 5 nitrogen and oxygen atoms in total. The van der Waals surface area contributed by atoms with Crippen molar-refractivity contribution in [3.05, 3.63) is 29.8 Å². The second-order valence-electron chi connectivity index (χ2n) is 3.84. The van der Waals surface area contributed by atoms with Gasteiger partial charge < -0.3 is 15.2 Å². The summed E-state index contributed by atoms with van der Waals surface area (Å²) in [6.07, 6.45) is 0. The highest BCUT2D eigenvalue weighted by atomic mass is 16.5. The maximum atomic E-state index is 11.3. The lowest BCUT2D eigenvalue weighted by molar-refractivity contribution is -0.123. The SMILES string of the molecule is CC(C)NC(=O)COc1ccc(C(=O)O)cc1. The predicted octanol–water partition coefficient (Wildman–Crippen LogP) is 1.29. The first-order chi connectivity index (χ1) is 7.99. The van der Waals surface area contributed by atoms with Crippen LogP contribution in [0, 0.1) is 0 Å². The monoisotopic (exact) mass is 237 g/mol. The number of carboxylic acid groups (broad SMARTS) is 1. The molecule has 1 aromatic rings. The van der Waals surface area contributed by atoms with Crippen LogP contribution in [0.25, 0.3) is 0 Å². The molecule has 0 fully saturated rings. The van der Waals surface area contributed by atoms with E-state index in [0.717, 1.165) is 0 Å². The minimum Gasteiger partial charge on any atom is -0.484 e. The third kappa shape index (κ3) is 4.55.